The fourth-order valence-corrected chi connectivity index (χ4v) is 2.97. The molecule has 2 aromatic carbocycles. The van der Waals surface area contributed by atoms with E-state index in [2.05, 4.69) is 0 Å². The largest absolute Gasteiger partial charge is 0.508 e. The molecule has 0 heterocycles. The molecule has 6 nitrogen and oxygen atoms in total. The van der Waals surface area contributed by atoms with Crippen LogP contribution in [0.4, 0.5) is 0 Å². The van der Waals surface area contributed by atoms with E-state index in [0.29, 0.717) is 16.9 Å². The Morgan fingerprint density at radius 3 is 1.53 bits per heavy atom. The van der Waals surface area contributed by atoms with Crippen molar-refractivity contribution in [3.63, 3.8) is 0 Å². The van der Waals surface area contributed by atoms with E-state index in [1.54, 1.807) is 6.07 Å². The molecular weight excluding hydrogens is 376 g/mol. The van der Waals surface area contributed by atoms with Gasteiger partial charge in [0.2, 0.25) is 0 Å². The van der Waals surface area contributed by atoms with E-state index >= 15 is 0 Å². The van der Waals surface area contributed by atoms with Crippen LogP contribution in [0.1, 0.15) is 63.8 Å². The van der Waals surface area contributed by atoms with Crippen LogP contribution >= 0.6 is 0 Å². The summed E-state index contributed by atoms with van der Waals surface area (Å²) >= 11 is 0. The number of benzene rings is 2. The molecule has 2 rings (SSSR count). The highest BCUT2D eigenvalue weighted by Crippen LogP contribution is 2.38. The van der Waals surface area contributed by atoms with Crippen LogP contribution in [0, 0.1) is 0 Å². The van der Waals surface area contributed by atoms with Crippen molar-refractivity contribution in [3.05, 3.63) is 58.7 Å². The van der Waals surface area contributed by atoms with Crippen LogP contribution in [0.25, 0.3) is 0 Å². The van der Waals surface area contributed by atoms with Crippen LogP contribution < -0.4 is 17.2 Å². The Morgan fingerprint density at radius 2 is 1.20 bits per heavy atom. The lowest BCUT2D eigenvalue weighted by atomic mass is 9.81. The van der Waals surface area contributed by atoms with E-state index < -0.39 is 16.6 Å². The molecule has 30 heavy (non-hydrogen) atoms. The molecule has 0 atom stereocenters. The summed E-state index contributed by atoms with van der Waals surface area (Å²) in [6.07, 6.45) is 0. The SMILES string of the molecule is CC(C)(N)c1cc(C(C)(C)N)c(O)c(C(C)(C)N)c1.CN(C)Cc1ccccc1O. The van der Waals surface area contributed by atoms with E-state index in [-0.39, 0.29) is 5.75 Å². The monoisotopic (exact) mass is 416 g/mol. The second-order valence-electron chi connectivity index (χ2n) is 9.95. The van der Waals surface area contributed by atoms with Crippen molar-refractivity contribution in [3.8, 4) is 11.5 Å². The Labute approximate surface area is 181 Å². The molecule has 6 heteroatoms. The predicted molar refractivity (Wildman–Crippen MR) is 125 cm³/mol. The highest BCUT2D eigenvalue weighted by molar-refractivity contribution is 5.50. The molecule has 0 aromatic heterocycles. The molecule has 0 radical (unpaired) electrons. The Balaban J connectivity index is 0.000000346. The van der Waals surface area contributed by atoms with Crippen LogP contribution in [0.15, 0.2) is 36.4 Å². The lowest BCUT2D eigenvalue weighted by Gasteiger charge is -2.30. The molecular formula is C24H40N4O2. The van der Waals surface area contributed by atoms with Gasteiger partial charge in [-0.05, 0) is 79.4 Å². The fraction of sp³-hybridized carbons (Fsp3) is 0.500. The number of phenols is 2. The number of hydrogen-bond donors (Lipinski definition) is 5. The van der Waals surface area contributed by atoms with Gasteiger partial charge in [0.25, 0.3) is 0 Å². The summed E-state index contributed by atoms with van der Waals surface area (Å²) in [6.45, 7) is 12.0. The highest BCUT2D eigenvalue weighted by atomic mass is 16.3. The van der Waals surface area contributed by atoms with Crippen molar-refractivity contribution in [1.82, 2.24) is 4.90 Å². The molecule has 0 bridgehead atoms. The normalized spacial score (nSPS) is 12.5. The standard InChI is InChI=1S/C15H27N3O.C9H13NO/c1-13(2,16)9-7-10(14(3,4)17)12(19)11(8-9)15(5,6)18;1-10(2)7-8-5-3-4-6-9(8)11/h7-8,19H,16-18H2,1-6H3;3-6,11H,7H2,1-2H3. The third-order valence-electron chi connectivity index (χ3n) is 4.72. The van der Waals surface area contributed by atoms with Gasteiger partial charge >= 0.3 is 0 Å². The lowest BCUT2D eigenvalue weighted by Crippen LogP contribution is -2.35. The number of rotatable bonds is 5. The number of para-hydroxylation sites is 1. The minimum absolute atomic E-state index is 0.160. The minimum Gasteiger partial charge on any atom is -0.508 e. The Morgan fingerprint density at radius 1 is 0.767 bits per heavy atom. The predicted octanol–water partition coefficient (Wildman–Crippen LogP) is 3.43. The quantitative estimate of drug-likeness (QED) is 0.509. The molecule has 0 saturated carbocycles. The third-order valence-corrected chi connectivity index (χ3v) is 4.72. The van der Waals surface area contributed by atoms with Crippen molar-refractivity contribution in [2.75, 3.05) is 14.1 Å². The summed E-state index contributed by atoms with van der Waals surface area (Å²) in [5.74, 6) is 0.536. The highest BCUT2D eigenvalue weighted by Gasteiger charge is 2.29. The van der Waals surface area contributed by atoms with Gasteiger partial charge in [0, 0.05) is 39.9 Å². The summed E-state index contributed by atoms with van der Waals surface area (Å²) in [5.41, 5.74) is 19.8. The molecule has 0 spiro atoms. The average Bonchev–Trinajstić information content (AvgIpc) is 2.54. The third kappa shape index (κ3) is 7.29. The smallest absolute Gasteiger partial charge is 0.125 e. The van der Waals surface area contributed by atoms with Gasteiger partial charge in [-0.25, -0.2) is 0 Å². The average molecular weight is 417 g/mol. The maximum atomic E-state index is 10.4. The van der Waals surface area contributed by atoms with Crippen molar-refractivity contribution in [2.45, 2.75) is 64.7 Å². The van der Waals surface area contributed by atoms with Crippen molar-refractivity contribution >= 4 is 0 Å². The number of nitrogens with zero attached hydrogens (tertiary/aromatic N) is 1. The van der Waals surface area contributed by atoms with Gasteiger partial charge in [0.05, 0.1) is 0 Å². The minimum atomic E-state index is -0.661. The second kappa shape index (κ2) is 9.35. The molecule has 0 aliphatic carbocycles. The van der Waals surface area contributed by atoms with Crippen molar-refractivity contribution in [2.24, 2.45) is 17.2 Å². The maximum absolute atomic E-state index is 10.4. The first-order valence-electron chi connectivity index (χ1n) is 10.1. The van der Waals surface area contributed by atoms with Gasteiger partial charge in [-0.15, -0.1) is 0 Å². The maximum Gasteiger partial charge on any atom is 0.125 e. The molecule has 168 valence electrons. The van der Waals surface area contributed by atoms with Gasteiger partial charge in [-0.1, -0.05) is 18.2 Å². The summed E-state index contributed by atoms with van der Waals surface area (Å²) in [7, 11) is 3.96. The van der Waals surface area contributed by atoms with Gasteiger partial charge in [0.1, 0.15) is 11.5 Å². The zero-order valence-electron chi connectivity index (χ0n) is 19.7. The van der Waals surface area contributed by atoms with Gasteiger partial charge in [0.15, 0.2) is 0 Å². The zero-order valence-corrected chi connectivity index (χ0v) is 19.7. The Hall–Kier alpha value is -2.12. The molecule has 0 amide bonds. The number of nitrogens with two attached hydrogens (primary N) is 3. The number of phenolic OH excluding ortho intramolecular Hbond substituents is 2. The van der Waals surface area contributed by atoms with Crippen LogP contribution in [0.3, 0.4) is 0 Å². The van der Waals surface area contributed by atoms with E-state index in [4.69, 9.17) is 17.2 Å². The summed E-state index contributed by atoms with van der Waals surface area (Å²) in [5, 5.41) is 19.8. The summed E-state index contributed by atoms with van der Waals surface area (Å²) in [4.78, 5) is 2.02. The number of hydrogen-bond acceptors (Lipinski definition) is 6. The van der Waals surface area contributed by atoms with Crippen LogP contribution in [0.2, 0.25) is 0 Å². The molecule has 0 aliphatic heterocycles. The second-order valence-corrected chi connectivity index (χ2v) is 9.95. The van der Waals surface area contributed by atoms with E-state index in [1.165, 1.54) is 0 Å². The Kier molecular flexibility index (Phi) is 8.08. The van der Waals surface area contributed by atoms with Crippen LogP contribution in [-0.4, -0.2) is 29.2 Å². The molecule has 0 fully saturated rings. The van der Waals surface area contributed by atoms with E-state index in [9.17, 15) is 10.2 Å². The van der Waals surface area contributed by atoms with Gasteiger partial charge in [-0.3, -0.25) is 0 Å². The lowest BCUT2D eigenvalue weighted by molar-refractivity contribution is 0.386. The van der Waals surface area contributed by atoms with Crippen LogP contribution in [0.5, 0.6) is 11.5 Å². The van der Waals surface area contributed by atoms with E-state index in [0.717, 1.165) is 17.7 Å². The van der Waals surface area contributed by atoms with Crippen molar-refractivity contribution in [1.29, 1.82) is 0 Å². The van der Waals surface area contributed by atoms with E-state index in [1.807, 2.05) is 90.9 Å². The molecule has 0 saturated heterocycles. The summed E-state index contributed by atoms with van der Waals surface area (Å²) in [6, 6.07) is 11.1. The first-order valence-corrected chi connectivity index (χ1v) is 10.1. The molecule has 0 aliphatic rings. The summed E-state index contributed by atoms with van der Waals surface area (Å²) < 4.78 is 0. The zero-order chi connectivity index (χ0) is 23.5. The molecule has 2 aromatic rings. The fourth-order valence-electron chi connectivity index (χ4n) is 2.97. The first kappa shape index (κ1) is 25.9. The van der Waals surface area contributed by atoms with Crippen molar-refractivity contribution < 1.29 is 10.2 Å². The first-order chi connectivity index (χ1) is 13.4. The Bertz CT molecular complexity index is 807. The van der Waals surface area contributed by atoms with Gasteiger partial charge < -0.3 is 32.3 Å². The molecule has 0 unspecified atom stereocenters. The molecule has 8 N–H and O–H groups in total. The van der Waals surface area contributed by atoms with Gasteiger partial charge in [-0.2, -0.15) is 0 Å². The topological polar surface area (TPSA) is 122 Å². The number of aromatic hydroxyl groups is 2. The van der Waals surface area contributed by atoms with Crippen LogP contribution in [-0.2, 0) is 23.2 Å².